The van der Waals surface area contributed by atoms with Crippen LogP contribution >= 0.6 is 0 Å². The first-order valence-corrected chi connectivity index (χ1v) is 10.3. The SMILES string of the molecule is CC(C)(C)OC(=O)N1CCC(N(C(=O)C(F)(F)F)C2(C)CC2)C[C@H]1c1ccccc1. The Labute approximate surface area is 175 Å². The zero-order chi connectivity index (χ0) is 22.3. The summed E-state index contributed by atoms with van der Waals surface area (Å²) >= 11 is 0. The van der Waals surface area contributed by atoms with Gasteiger partial charge in [0.15, 0.2) is 0 Å². The normalized spacial score (nSPS) is 23.6. The van der Waals surface area contributed by atoms with E-state index in [1.54, 1.807) is 32.6 Å². The maximum Gasteiger partial charge on any atom is 0.471 e. The molecule has 0 N–H and O–H groups in total. The van der Waals surface area contributed by atoms with Crippen LogP contribution in [0.1, 0.15) is 65.0 Å². The molecule has 1 saturated carbocycles. The maximum atomic E-state index is 13.3. The molecule has 8 heteroatoms. The van der Waals surface area contributed by atoms with E-state index in [2.05, 4.69) is 0 Å². The topological polar surface area (TPSA) is 49.9 Å². The van der Waals surface area contributed by atoms with Crippen molar-refractivity contribution in [1.82, 2.24) is 9.80 Å². The largest absolute Gasteiger partial charge is 0.471 e. The number of amides is 2. The Balaban J connectivity index is 1.90. The van der Waals surface area contributed by atoms with Gasteiger partial charge in [0.1, 0.15) is 5.60 Å². The molecule has 30 heavy (non-hydrogen) atoms. The lowest BCUT2D eigenvalue weighted by Gasteiger charge is -2.46. The Morgan fingerprint density at radius 3 is 2.23 bits per heavy atom. The molecule has 1 aliphatic carbocycles. The molecule has 1 heterocycles. The molecule has 2 amide bonds. The molecule has 5 nitrogen and oxygen atoms in total. The molecule has 1 aliphatic heterocycles. The summed E-state index contributed by atoms with van der Waals surface area (Å²) < 4.78 is 45.6. The number of ether oxygens (including phenoxy) is 1. The Bertz CT molecular complexity index is 785. The molecule has 2 fully saturated rings. The molecule has 1 unspecified atom stereocenters. The number of alkyl halides is 3. The zero-order valence-electron chi connectivity index (χ0n) is 17.8. The van der Waals surface area contributed by atoms with Crippen LogP contribution in [0.15, 0.2) is 30.3 Å². The highest BCUT2D eigenvalue weighted by Crippen LogP contribution is 2.47. The third kappa shape index (κ3) is 4.90. The average Bonchev–Trinajstić information content (AvgIpc) is 3.38. The summed E-state index contributed by atoms with van der Waals surface area (Å²) in [6, 6.07) is 8.12. The molecule has 3 rings (SSSR count). The van der Waals surface area contributed by atoms with Gasteiger partial charge < -0.3 is 14.5 Å². The van der Waals surface area contributed by atoms with E-state index in [0.29, 0.717) is 12.8 Å². The van der Waals surface area contributed by atoms with Gasteiger partial charge in [-0.3, -0.25) is 4.79 Å². The van der Waals surface area contributed by atoms with E-state index in [-0.39, 0.29) is 19.4 Å². The fraction of sp³-hybridized carbons (Fsp3) is 0.636. The highest BCUT2D eigenvalue weighted by atomic mass is 19.4. The van der Waals surface area contributed by atoms with Crippen molar-refractivity contribution in [2.24, 2.45) is 0 Å². The summed E-state index contributed by atoms with van der Waals surface area (Å²) in [6.07, 6.45) is -3.80. The lowest BCUT2D eigenvalue weighted by atomic mass is 9.90. The Morgan fingerprint density at radius 2 is 1.73 bits per heavy atom. The molecule has 2 aliphatic rings. The van der Waals surface area contributed by atoms with Crippen LogP contribution in [0, 0.1) is 0 Å². The Kier molecular flexibility index (Phi) is 5.82. The molecular weight excluding hydrogens is 397 g/mol. The predicted molar refractivity (Wildman–Crippen MR) is 106 cm³/mol. The predicted octanol–water partition coefficient (Wildman–Crippen LogP) is 5.07. The number of benzene rings is 1. The molecule has 1 aromatic carbocycles. The lowest BCUT2D eigenvalue weighted by molar-refractivity contribution is -0.192. The van der Waals surface area contributed by atoms with Gasteiger partial charge in [0, 0.05) is 18.1 Å². The second kappa shape index (κ2) is 7.78. The van der Waals surface area contributed by atoms with Gasteiger partial charge in [0.2, 0.25) is 0 Å². The van der Waals surface area contributed by atoms with Crippen molar-refractivity contribution in [2.45, 2.75) is 82.8 Å². The summed E-state index contributed by atoms with van der Waals surface area (Å²) in [5.74, 6) is -1.79. The van der Waals surface area contributed by atoms with E-state index in [1.165, 1.54) is 0 Å². The molecule has 1 aromatic rings. The molecule has 1 saturated heterocycles. The van der Waals surface area contributed by atoms with Gasteiger partial charge in [-0.1, -0.05) is 30.3 Å². The number of hydrogen-bond donors (Lipinski definition) is 0. The second-order valence-electron chi connectivity index (χ2n) is 9.45. The van der Waals surface area contributed by atoms with E-state index in [0.717, 1.165) is 10.5 Å². The minimum absolute atomic E-state index is 0.219. The van der Waals surface area contributed by atoms with Crippen LogP contribution in [0.3, 0.4) is 0 Å². The first kappa shape index (κ1) is 22.4. The van der Waals surface area contributed by atoms with E-state index in [1.807, 2.05) is 30.3 Å². The van der Waals surface area contributed by atoms with Crippen LogP contribution in [0.5, 0.6) is 0 Å². The number of likely N-dealkylation sites (tertiary alicyclic amines) is 1. The van der Waals surface area contributed by atoms with Gasteiger partial charge in [-0.05, 0) is 58.9 Å². The van der Waals surface area contributed by atoms with E-state index in [4.69, 9.17) is 4.74 Å². The highest BCUT2D eigenvalue weighted by molar-refractivity contribution is 5.83. The molecule has 166 valence electrons. The van der Waals surface area contributed by atoms with Gasteiger partial charge in [0.25, 0.3) is 0 Å². The van der Waals surface area contributed by atoms with E-state index >= 15 is 0 Å². The third-order valence-corrected chi connectivity index (χ3v) is 5.77. The second-order valence-corrected chi connectivity index (χ2v) is 9.45. The van der Waals surface area contributed by atoms with Crippen molar-refractivity contribution in [3.8, 4) is 0 Å². The monoisotopic (exact) mass is 426 g/mol. The molecular formula is C22H29F3N2O3. The number of hydrogen-bond acceptors (Lipinski definition) is 3. The first-order valence-electron chi connectivity index (χ1n) is 10.3. The van der Waals surface area contributed by atoms with E-state index < -0.39 is 41.4 Å². The van der Waals surface area contributed by atoms with Gasteiger partial charge in [-0.2, -0.15) is 13.2 Å². The minimum Gasteiger partial charge on any atom is -0.444 e. The van der Waals surface area contributed by atoms with Crippen LogP contribution in [0.4, 0.5) is 18.0 Å². The number of rotatable bonds is 3. The lowest BCUT2D eigenvalue weighted by Crippen LogP contribution is -2.57. The number of piperidine rings is 1. The fourth-order valence-corrected chi connectivity index (χ4v) is 4.12. The van der Waals surface area contributed by atoms with Crippen LogP contribution in [0.2, 0.25) is 0 Å². The Hall–Kier alpha value is -2.25. The van der Waals surface area contributed by atoms with Crippen molar-refractivity contribution >= 4 is 12.0 Å². The van der Waals surface area contributed by atoms with Crippen LogP contribution in [0.25, 0.3) is 0 Å². The summed E-state index contributed by atoms with van der Waals surface area (Å²) in [4.78, 5) is 27.7. The third-order valence-electron chi connectivity index (χ3n) is 5.77. The van der Waals surface area contributed by atoms with Crippen LogP contribution in [-0.2, 0) is 9.53 Å². The summed E-state index contributed by atoms with van der Waals surface area (Å²) in [6.45, 7) is 7.23. The van der Waals surface area contributed by atoms with Gasteiger partial charge in [0.05, 0.1) is 6.04 Å². The zero-order valence-corrected chi connectivity index (χ0v) is 17.8. The van der Waals surface area contributed by atoms with Gasteiger partial charge >= 0.3 is 18.2 Å². The number of carbonyl (C=O) groups is 2. The minimum atomic E-state index is -4.92. The van der Waals surface area contributed by atoms with Crippen molar-refractivity contribution in [3.05, 3.63) is 35.9 Å². The highest BCUT2D eigenvalue weighted by Gasteiger charge is 2.56. The fourth-order valence-electron chi connectivity index (χ4n) is 4.12. The van der Waals surface area contributed by atoms with Gasteiger partial charge in [-0.25, -0.2) is 4.79 Å². The Morgan fingerprint density at radius 1 is 1.13 bits per heavy atom. The summed E-state index contributed by atoms with van der Waals surface area (Å²) in [7, 11) is 0. The molecule has 0 bridgehead atoms. The van der Waals surface area contributed by atoms with Gasteiger partial charge in [-0.15, -0.1) is 0 Å². The number of nitrogens with zero attached hydrogens (tertiary/aromatic N) is 2. The van der Waals surface area contributed by atoms with Crippen molar-refractivity contribution in [3.63, 3.8) is 0 Å². The van der Waals surface area contributed by atoms with Crippen LogP contribution < -0.4 is 0 Å². The molecule has 0 spiro atoms. The summed E-state index contributed by atoms with van der Waals surface area (Å²) in [5, 5.41) is 0. The standard InChI is InChI=1S/C22H29F3N2O3/c1-20(2,3)30-19(29)26-13-10-16(14-17(26)15-8-6-5-7-9-15)27(21(4)11-12-21)18(28)22(23,24)25/h5-9,16-17H,10-14H2,1-4H3/t16?,17-/m0/s1. The van der Waals surface area contributed by atoms with Crippen molar-refractivity contribution in [2.75, 3.05) is 6.54 Å². The average molecular weight is 426 g/mol. The molecule has 0 radical (unpaired) electrons. The number of carbonyl (C=O) groups excluding carboxylic acids is 2. The maximum absolute atomic E-state index is 13.3. The quantitative estimate of drug-likeness (QED) is 0.678. The summed E-state index contributed by atoms with van der Waals surface area (Å²) in [5.41, 5.74) is -0.643. The smallest absolute Gasteiger partial charge is 0.444 e. The van der Waals surface area contributed by atoms with Crippen molar-refractivity contribution < 1.29 is 27.5 Å². The molecule has 0 aromatic heterocycles. The number of halogens is 3. The van der Waals surface area contributed by atoms with E-state index in [9.17, 15) is 22.8 Å². The van der Waals surface area contributed by atoms with Crippen molar-refractivity contribution in [1.29, 1.82) is 0 Å². The van der Waals surface area contributed by atoms with Crippen LogP contribution in [-0.4, -0.2) is 51.7 Å². The molecule has 2 atom stereocenters. The first-order chi connectivity index (χ1) is 13.8.